The normalized spacial score (nSPS) is 32.6. The predicted octanol–water partition coefficient (Wildman–Crippen LogP) is 3.88. The minimum atomic E-state index is -0.521. The van der Waals surface area contributed by atoms with Gasteiger partial charge in [-0.15, -0.1) is 0 Å². The van der Waals surface area contributed by atoms with Gasteiger partial charge in [-0.2, -0.15) is 0 Å². The number of anilines is 1. The van der Waals surface area contributed by atoms with Gasteiger partial charge in [0.25, 0.3) is 0 Å². The first-order valence-corrected chi connectivity index (χ1v) is 9.87. The molecule has 1 aliphatic carbocycles. The molecular formula is C19H26BrN3O. The highest BCUT2D eigenvalue weighted by molar-refractivity contribution is 9.10. The minimum absolute atomic E-state index is 0.203. The van der Waals surface area contributed by atoms with E-state index in [1.165, 1.54) is 32.4 Å². The fraction of sp³-hybridized carbons (Fsp3) is 0.684. The molecule has 0 atom stereocenters. The van der Waals surface area contributed by atoms with E-state index in [9.17, 15) is 4.79 Å². The summed E-state index contributed by atoms with van der Waals surface area (Å²) in [5, 5.41) is 0. The lowest BCUT2D eigenvalue weighted by Crippen LogP contribution is -2.64. The number of pyridine rings is 1. The number of nitrogens with zero attached hydrogens (tertiary/aromatic N) is 3. The molecule has 2 aliphatic heterocycles. The molecule has 0 unspecified atom stereocenters. The molecule has 0 bridgehead atoms. The van der Waals surface area contributed by atoms with Crippen LogP contribution in [0.4, 0.5) is 5.69 Å². The number of rotatable bonds is 2. The average Bonchev–Trinajstić information content (AvgIpc) is 2.72. The molecule has 1 amide bonds. The molecule has 0 N–H and O–H groups in total. The van der Waals surface area contributed by atoms with Gasteiger partial charge >= 0.3 is 0 Å². The van der Waals surface area contributed by atoms with E-state index in [0.717, 1.165) is 28.7 Å². The Morgan fingerprint density at radius 2 is 1.83 bits per heavy atom. The van der Waals surface area contributed by atoms with E-state index in [1.807, 2.05) is 18.7 Å². The van der Waals surface area contributed by atoms with Gasteiger partial charge in [0.1, 0.15) is 0 Å². The number of amides is 1. The molecule has 2 fully saturated rings. The molecule has 3 heterocycles. The van der Waals surface area contributed by atoms with Crippen molar-refractivity contribution in [2.45, 2.75) is 69.9 Å². The second kappa shape index (κ2) is 5.53. The van der Waals surface area contributed by atoms with Crippen molar-refractivity contribution < 1.29 is 4.79 Å². The summed E-state index contributed by atoms with van der Waals surface area (Å²) >= 11 is 3.52. The van der Waals surface area contributed by atoms with Gasteiger partial charge in [0.15, 0.2) is 0 Å². The van der Waals surface area contributed by atoms with Crippen LogP contribution in [0.1, 0.15) is 58.6 Å². The van der Waals surface area contributed by atoms with Crippen molar-refractivity contribution in [3.05, 3.63) is 22.4 Å². The highest BCUT2D eigenvalue weighted by Crippen LogP contribution is 2.49. The van der Waals surface area contributed by atoms with Gasteiger partial charge < -0.3 is 4.90 Å². The van der Waals surface area contributed by atoms with Crippen molar-refractivity contribution in [3.8, 4) is 0 Å². The molecule has 0 aromatic carbocycles. The zero-order valence-corrected chi connectivity index (χ0v) is 16.4. The van der Waals surface area contributed by atoms with Crippen molar-refractivity contribution in [2.75, 3.05) is 18.0 Å². The second-order valence-electron chi connectivity index (χ2n) is 8.43. The Morgan fingerprint density at radius 1 is 1.17 bits per heavy atom. The van der Waals surface area contributed by atoms with E-state index in [0.29, 0.717) is 6.04 Å². The molecule has 4 nitrogen and oxygen atoms in total. The second-order valence-corrected chi connectivity index (χ2v) is 9.34. The van der Waals surface area contributed by atoms with Crippen molar-refractivity contribution in [2.24, 2.45) is 0 Å². The van der Waals surface area contributed by atoms with Crippen molar-refractivity contribution >= 4 is 27.5 Å². The van der Waals surface area contributed by atoms with Crippen LogP contribution in [0.5, 0.6) is 0 Å². The third kappa shape index (κ3) is 2.35. The summed E-state index contributed by atoms with van der Waals surface area (Å²) in [5.41, 5.74) is 1.66. The summed E-state index contributed by atoms with van der Waals surface area (Å²) in [4.78, 5) is 22.3. The van der Waals surface area contributed by atoms with E-state index in [-0.39, 0.29) is 11.4 Å². The summed E-state index contributed by atoms with van der Waals surface area (Å²) in [7, 11) is 0. The first-order chi connectivity index (χ1) is 11.3. The lowest BCUT2D eigenvalue weighted by molar-refractivity contribution is -0.123. The molecule has 5 heteroatoms. The van der Waals surface area contributed by atoms with E-state index in [4.69, 9.17) is 0 Å². The first kappa shape index (κ1) is 16.5. The summed E-state index contributed by atoms with van der Waals surface area (Å²) in [5.74, 6) is 0.203. The van der Waals surface area contributed by atoms with Gasteiger partial charge in [0, 0.05) is 22.3 Å². The average molecular weight is 392 g/mol. The number of fused-ring (bicyclic) bond motifs is 1. The number of piperidine rings is 1. The third-order valence-electron chi connectivity index (χ3n) is 6.27. The summed E-state index contributed by atoms with van der Waals surface area (Å²) < 4.78 is 0.940. The Morgan fingerprint density at radius 3 is 2.50 bits per heavy atom. The molecule has 24 heavy (non-hydrogen) atoms. The van der Waals surface area contributed by atoms with E-state index < -0.39 is 5.41 Å². The fourth-order valence-corrected chi connectivity index (χ4v) is 5.12. The van der Waals surface area contributed by atoms with Gasteiger partial charge in [0.2, 0.25) is 5.91 Å². The van der Waals surface area contributed by atoms with Crippen LogP contribution in [-0.2, 0) is 10.2 Å². The maximum atomic E-state index is 13.1. The topological polar surface area (TPSA) is 36.4 Å². The highest BCUT2D eigenvalue weighted by atomic mass is 79.9. The fourth-order valence-electron chi connectivity index (χ4n) is 4.80. The smallest absolute Gasteiger partial charge is 0.239 e. The summed E-state index contributed by atoms with van der Waals surface area (Å²) in [6, 6.07) is 2.37. The third-order valence-corrected chi connectivity index (χ3v) is 6.71. The van der Waals surface area contributed by atoms with Gasteiger partial charge in [-0.05, 0) is 81.5 Å². The molecular weight excluding hydrogens is 366 g/mol. The zero-order chi connectivity index (χ0) is 17.1. The SMILES string of the molecule is CC1(C)C(=O)N(C2CC(C)(N3CCCCC3)C2)c2cc(Br)cnc21. The van der Waals surface area contributed by atoms with Crippen molar-refractivity contribution in [3.63, 3.8) is 0 Å². The van der Waals surface area contributed by atoms with Crippen LogP contribution in [0.25, 0.3) is 0 Å². The zero-order valence-electron chi connectivity index (χ0n) is 14.8. The number of carbonyl (C=O) groups is 1. The Bertz CT molecular complexity index is 675. The van der Waals surface area contributed by atoms with Crippen LogP contribution >= 0.6 is 15.9 Å². The maximum absolute atomic E-state index is 13.1. The van der Waals surface area contributed by atoms with Gasteiger partial charge in [-0.1, -0.05) is 6.42 Å². The van der Waals surface area contributed by atoms with Gasteiger partial charge in [-0.25, -0.2) is 0 Å². The number of hydrogen-bond donors (Lipinski definition) is 0. The summed E-state index contributed by atoms with van der Waals surface area (Å²) in [6.45, 7) is 8.80. The molecule has 1 aromatic heterocycles. The Hall–Kier alpha value is -0.940. The number of hydrogen-bond acceptors (Lipinski definition) is 3. The van der Waals surface area contributed by atoms with E-state index in [1.54, 1.807) is 6.20 Å². The van der Waals surface area contributed by atoms with E-state index >= 15 is 0 Å². The Labute approximate surface area is 152 Å². The Balaban J connectivity index is 1.58. The predicted molar refractivity (Wildman–Crippen MR) is 99.3 cm³/mol. The highest BCUT2D eigenvalue weighted by Gasteiger charge is 2.54. The molecule has 1 saturated heterocycles. The molecule has 1 aromatic rings. The maximum Gasteiger partial charge on any atom is 0.239 e. The monoisotopic (exact) mass is 391 g/mol. The minimum Gasteiger partial charge on any atom is -0.307 e. The largest absolute Gasteiger partial charge is 0.307 e. The number of likely N-dealkylation sites (tertiary alicyclic amines) is 1. The molecule has 1 saturated carbocycles. The van der Waals surface area contributed by atoms with Crippen LogP contribution in [0.2, 0.25) is 0 Å². The van der Waals surface area contributed by atoms with Crippen molar-refractivity contribution in [1.82, 2.24) is 9.88 Å². The van der Waals surface area contributed by atoms with Gasteiger partial charge in [-0.3, -0.25) is 14.7 Å². The lowest BCUT2D eigenvalue weighted by atomic mass is 9.71. The number of carbonyl (C=O) groups excluding carboxylic acids is 1. The standard InChI is InChI=1S/C19H26BrN3O/c1-18(2)16-15(9-13(20)12-21-16)23(17(18)24)14-10-19(3,11-14)22-7-5-4-6-8-22/h9,12,14H,4-8,10-11H2,1-3H3. The Kier molecular flexibility index (Phi) is 3.81. The number of aromatic nitrogens is 1. The molecule has 4 rings (SSSR count). The van der Waals surface area contributed by atoms with E-state index in [2.05, 4.69) is 38.8 Å². The molecule has 0 spiro atoms. The van der Waals surface area contributed by atoms with Crippen LogP contribution < -0.4 is 4.90 Å². The molecule has 3 aliphatic rings. The van der Waals surface area contributed by atoms with Crippen LogP contribution in [0.15, 0.2) is 16.7 Å². The molecule has 0 radical (unpaired) electrons. The van der Waals surface area contributed by atoms with Crippen LogP contribution in [-0.4, -0.2) is 40.5 Å². The molecule has 130 valence electrons. The summed E-state index contributed by atoms with van der Waals surface area (Å²) in [6.07, 6.45) is 7.94. The number of halogens is 1. The lowest BCUT2D eigenvalue weighted by Gasteiger charge is -2.55. The van der Waals surface area contributed by atoms with Gasteiger partial charge in [0.05, 0.1) is 16.8 Å². The van der Waals surface area contributed by atoms with Crippen LogP contribution in [0.3, 0.4) is 0 Å². The van der Waals surface area contributed by atoms with Crippen LogP contribution in [0, 0.1) is 0 Å². The first-order valence-electron chi connectivity index (χ1n) is 9.08. The van der Waals surface area contributed by atoms with Crippen molar-refractivity contribution in [1.29, 1.82) is 0 Å². The quantitative estimate of drug-likeness (QED) is 0.767.